The van der Waals surface area contributed by atoms with Crippen LogP contribution in [0.15, 0.2) is 27.0 Å². The summed E-state index contributed by atoms with van der Waals surface area (Å²) < 4.78 is 5.66. The lowest BCUT2D eigenvalue weighted by molar-refractivity contribution is -0.116. The summed E-state index contributed by atoms with van der Waals surface area (Å²) in [6.07, 6.45) is 2.18. The third-order valence-electron chi connectivity index (χ3n) is 3.78. The third kappa shape index (κ3) is 2.01. The molecule has 102 valence electrons. The number of furan rings is 1. The molecule has 5 heteroatoms. The number of hydrogen-bond acceptors (Lipinski definition) is 5. The fourth-order valence-electron chi connectivity index (χ4n) is 2.86. The van der Waals surface area contributed by atoms with E-state index in [1.807, 2.05) is 19.1 Å². The van der Waals surface area contributed by atoms with Crippen LogP contribution in [-0.4, -0.2) is 10.8 Å². The van der Waals surface area contributed by atoms with E-state index in [0.717, 1.165) is 23.5 Å². The Morgan fingerprint density at radius 2 is 2.25 bits per heavy atom. The summed E-state index contributed by atoms with van der Waals surface area (Å²) in [6, 6.07) is 5.83. The topological polar surface area (TPSA) is 77.9 Å². The zero-order chi connectivity index (χ0) is 14.3. The van der Waals surface area contributed by atoms with E-state index in [2.05, 4.69) is 6.07 Å². The summed E-state index contributed by atoms with van der Waals surface area (Å²) in [5, 5.41) is 17.8. The second-order valence-corrected chi connectivity index (χ2v) is 6.25. The largest absolute Gasteiger partial charge is 0.466 e. The van der Waals surface area contributed by atoms with Gasteiger partial charge in [-0.1, -0.05) is 11.8 Å². The zero-order valence-corrected chi connectivity index (χ0v) is 11.9. The molecule has 0 aromatic carbocycles. The molecule has 0 bridgehead atoms. The van der Waals surface area contributed by atoms with E-state index in [1.165, 1.54) is 11.8 Å². The molecule has 0 spiro atoms. The number of carbonyl (C=O) groups excluding carboxylic acids is 1. The minimum Gasteiger partial charge on any atom is -0.466 e. The van der Waals surface area contributed by atoms with Crippen molar-refractivity contribution in [2.75, 3.05) is 0 Å². The molecule has 3 rings (SSSR count). The number of nitriles is 1. The van der Waals surface area contributed by atoms with Crippen LogP contribution in [0.5, 0.6) is 0 Å². The van der Waals surface area contributed by atoms with Gasteiger partial charge in [0.25, 0.3) is 0 Å². The molecular weight excluding hydrogens is 272 g/mol. The van der Waals surface area contributed by atoms with Crippen molar-refractivity contribution in [1.82, 2.24) is 0 Å². The monoisotopic (exact) mass is 286 g/mol. The van der Waals surface area contributed by atoms with Crippen LogP contribution >= 0.6 is 11.8 Å². The van der Waals surface area contributed by atoms with Crippen molar-refractivity contribution in [3.05, 3.63) is 34.1 Å². The molecule has 0 saturated heterocycles. The summed E-state index contributed by atoms with van der Waals surface area (Å²) in [5.74, 6) is 0.454. The number of ketones is 1. The molecule has 2 aliphatic rings. The van der Waals surface area contributed by atoms with Gasteiger partial charge in [0.15, 0.2) is 5.78 Å². The lowest BCUT2D eigenvalue weighted by Crippen LogP contribution is -2.30. The lowest BCUT2D eigenvalue weighted by atomic mass is 9.79. The number of aryl methyl sites for hydroxylation is 1. The van der Waals surface area contributed by atoms with Crippen LogP contribution in [0.4, 0.5) is 0 Å². The highest BCUT2D eigenvalue weighted by molar-refractivity contribution is 8.17. The van der Waals surface area contributed by atoms with E-state index in [4.69, 9.17) is 9.83 Å². The fraction of sp³-hybridized carbons (Fsp3) is 0.400. The van der Waals surface area contributed by atoms with Crippen LogP contribution in [0.25, 0.3) is 0 Å². The molecule has 20 heavy (non-hydrogen) atoms. The maximum Gasteiger partial charge on any atom is 0.160 e. The molecule has 0 amide bonds. The molecule has 4 nitrogen and oxygen atoms in total. The van der Waals surface area contributed by atoms with Gasteiger partial charge in [0.2, 0.25) is 0 Å². The lowest BCUT2D eigenvalue weighted by Gasteiger charge is -2.32. The molecule has 1 N–H and O–H groups in total. The van der Waals surface area contributed by atoms with Gasteiger partial charge in [-0.25, -0.2) is 0 Å². The van der Waals surface area contributed by atoms with Gasteiger partial charge in [-0.15, -0.1) is 0 Å². The Kier molecular flexibility index (Phi) is 3.27. The molecule has 2 unspecified atom stereocenters. The van der Waals surface area contributed by atoms with Gasteiger partial charge in [-0.3, -0.25) is 10.2 Å². The van der Waals surface area contributed by atoms with E-state index in [1.54, 1.807) is 0 Å². The van der Waals surface area contributed by atoms with Gasteiger partial charge >= 0.3 is 0 Å². The Morgan fingerprint density at radius 3 is 2.90 bits per heavy atom. The molecule has 1 aromatic rings. The minimum atomic E-state index is -0.619. The van der Waals surface area contributed by atoms with Crippen molar-refractivity contribution in [3.8, 4) is 6.07 Å². The van der Waals surface area contributed by atoms with E-state index in [0.29, 0.717) is 22.8 Å². The summed E-state index contributed by atoms with van der Waals surface area (Å²) in [5.41, 5.74) is 0.707. The second kappa shape index (κ2) is 4.95. The number of nitrogens with zero attached hydrogens (tertiary/aromatic N) is 1. The van der Waals surface area contributed by atoms with Crippen LogP contribution in [0.1, 0.15) is 36.7 Å². The van der Waals surface area contributed by atoms with Crippen molar-refractivity contribution in [2.24, 2.45) is 5.92 Å². The van der Waals surface area contributed by atoms with Crippen LogP contribution in [0.3, 0.4) is 0 Å². The predicted octanol–water partition coefficient (Wildman–Crippen LogP) is 3.54. The molecule has 1 aliphatic heterocycles. The highest BCUT2D eigenvalue weighted by atomic mass is 32.2. The van der Waals surface area contributed by atoms with Gasteiger partial charge in [-0.2, -0.15) is 5.26 Å². The number of carbonyl (C=O) groups is 1. The van der Waals surface area contributed by atoms with Gasteiger partial charge in [0.1, 0.15) is 17.4 Å². The summed E-state index contributed by atoms with van der Waals surface area (Å²) >= 11 is 1.29. The van der Waals surface area contributed by atoms with Crippen LogP contribution in [-0.2, 0) is 4.79 Å². The molecular formula is C15H14N2O2S. The molecule has 1 aliphatic carbocycles. The maximum absolute atomic E-state index is 12.3. The molecule has 2 atom stereocenters. The minimum absolute atomic E-state index is 0.102. The van der Waals surface area contributed by atoms with Gasteiger partial charge in [0, 0.05) is 12.0 Å². The van der Waals surface area contributed by atoms with Gasteiger partial charge in [0.05, 0.1) is 17.0 Å². The molecule has 0 radical (unpaired) electrons. The van der Waals surface area contributed by atoms with Crippen LogP contribution < -0.4 is 0 Å². The Hall–Kier alpha value is -1.80. The molecule has 1 aromatic heterocycles. The zero-order valence-electron chi connectivity index (χ0n) is 11.1. The number of nitrogens with one attached hydrogen (secondary N) is 1. The van der Waals surface area contributed by atoms with E-state index in [-0.39, 0.29) is 5.78 Å². The summed E-state index contributed by atoms with van der Waals surface area (Å²) in [4.78, 5) is 13.2. The van der Waals surface area contributed by atoms with E-state index >= 15 is 0 Å². The maximum atomic E-state index is 12.3. The second-order valence-electron chi connectivity index (χ2n) is 5.11. The van der Waals surface area contributed by atoms with E-state index < -0.39 is 11.8 Å². The number of thioether (sulfide) groups is 1. The first kappa shape index (κ1) is 13.2. The molecule has 0 fully saturated rings. The fourth-order valence-corrected chi connectivity index (χ4v) is 4.04. The first-order chi connectivity index (χ1) is 9.61. The standard InChI is InChI=1S/C15H14N2O2S/c1-8-5-6-11(19-8)13-9(7-16)15(17)20-12-4-2-3-10(18)14(12)13/h5-6,9,13,17H,2-4H2,1H3. The van der Waals surface area contributed by atoms with Crippen LogP contribution in [0, 0.1) is 29.6 Å². The Balaban J connectivity index is 2.16. The Morgan fingerprint density at radius 1 is 1.45 bits per heavy atom. The highest BCUT2D eigenvalue weighted by Crippen LogP contribution is 2.48. The molecule has 0 saturated carbocycles. The predicted molar refractivity (Wildman–Crippen MR) is 76.5 cm³/mol. The van der Waals surface area contributed by atoms with Crippen molar-refractivity contribution in [3.63, 3.8) is 0 Å². The summed E-state index contributed by atoms with van der Waals surface area (Å²) in [6.45, 7) is 1.84. The average molecular weight is 286 g/mol. The Labute approximate surface area is 121 Å². The number of allylic oxidation sites excluding steroid dienone is 2. The molecule has 2 heterocycles. The van der Waals surface area contributed by atoms with Crippen LogP contribution in [0.2, 0.25) is 0 Å². The van der Waals surface area contributed by atoms with Gasteiger partial charge < -0.3 is 4.42 Å². The smallest absolute Gasteiger partial charge is 0.160 e. The normalized spacial score (nSPS) is 26.4. The first-order valence-electron chi connectivity index (χ1n) is 6.60. The van der Waals surface area contributed by atoms with Crippen molar-refractivity contribution < 1.29 is 9.21 Å². The summed E-state index contributed by atoms with van der Waals surface area (Å²) in [7, 11) is 0. The number of hydrogen-bond donors (Lipinski definition) is 1. The number of Topliss-reactive ketones (excluding diaryl/α,β-unsaturated/α-hetero) is 1. The first-order valence-corrected chi connectivity index (χ1v) is 7.42. The Bertz CT molecular complexity index is 666. The highest BCUT2D eigenvalue weighted by Gasteiger charge is 2.42. The average Bonchev–Trinajstić information content (AvgIpc) is 2.84. The van der Waals surface area contributed by atoms with E-state index in [9.17, 15) is 10.1 Å². The number of rotatable bonds is 1. The quantitative estimate of drug-likeness (QED) is 0.856. The van der Waals surface area contributed by atoms with Gasteiger partial charge in [-0.05, 0) is 36.8 Å². The van der Waals surface area contributed by atoms with Crippen molar-refractivity contribution in [1.29, 1.82) is 10.7 Å². The van der Waals surface area contributed by atoms with Crippen molar-refractivity contribution in [2.45, 2.75) is 32.1 Å². The SMILES string of the molecule is Cc1ccc(C2C3=C(CCCC3=O)SC(=N)C2C#N)o1. The third-order valence-corrected chi connectivity index (χ3v) is 4.92. The van der Waals surface area contributed by atoms with Crippen molar-refractivity contribution >= 4 is 22.6 Å².